The number of amides is 2. The molecule has 2 rings (SSSR count). The molecule has 5 heteroatoms. The third-order valence-corrected chi connectivity index (χ3v) is 5.04. The number of aryl methyl sites for hydroxylation is 1. The zero-order valence-corrected chi connectivity index (χ0v) is 16.2. The zero-order valence-electron chi connectivity index (χ0n) is 15.4. The summed E-state index contributed by atoms with van der Waals surface area (Å²) in [5.74, 6) is 0. The quantitative estimate of drug-likeness (QED) is 0.876. The van der Waals surface area contributed by atoms with Crippen LogP contribution in [0.15, 0.2) is 29.6 Å². The first-order valence-electron chi connectivity index (χ1n) is 8.20. The summed E-state index contributed by atoms with van der Waals surface area (Å²) in [4.78, 5) is 18.8. The monoisotopic (exact) mass is 345 g/mol. The molecule has 1 aromatic heterocycles. The van der Waals surface area contributed by atoms with E-state index in [2.05, 4.69) is 55.5 Å². The number of carbonyl (C=O) groups excluding carboxylic acids is 1. The number of hydrogen-bond donors (Lipinski definition) is 1. The van der Waals surface area contributed by atoms with Crippen molar-refractivity contribution in [3.8, 4) is 0 Å². The van der Waals surface area contributed by atoms with Crippen molar-refractivity contribution in [1.29, 1.82) is 0 Å². The van der Waals surface area contributed by atoms with Crippen LogP contribution in [-0.4, -0.2) is 23.0 Å². The standard InChI is InChI=1S/C19H27N3OS/c1-13-9-7-8-10-15(13)11-22(6)18(23)20-14(2)17-21-16(12-24-17)19(3,4)5/h7-10,12,14H,11H2,1-6H3,(H,20,23). The predicted molar refractivity (Wildman–Crippen MR) is 100 cm³/mol. The number of benzene rings is 1. The number of nitrogens with one attached hydrogen (secondary N) is 1. The molecule has 1 heterocycles. The van der Waals surface area contributed by atoms with Gasteiger partial charge in [-0.15, -0.1) is 11.3 Å². The maximum atomic E-state index is 12.4. The Morgan fingerprint density at radius 3 is 2.58 bits per heavy atom. The molecule has 1 aromatic carbocycles. The summed E-state index contributed by atoms with van der Waals surface area (Å²) in [7, 11) is 1.82. The van der Waals surface area contributed by atoms with Crippen LogP contribution in [0, 0.1) is 6.92 Å². The van der Waals surface area contributed by atoms with Gasteiger partial charge in [0, 0.05) is 24.4 Å². The van der Waals surface area contributed by atoms with Gasteiger partial charge in [-0.05, 0) is 25.0 Å². The lowest BCUT2D eigenvalue weighted by Crippen LogP contribution is -2.38. The van der Waals surface area contributed by atoms with E-state index >= 15 is 0 Å². The number of carbonyl (C=O) groups is 1. The van der Waals surface area contributed by atoms with Gasteiger partial charge in [0.25, 0.3) is 0 Å². The van der Waals surface area contributed by atoms with E-state index < -0.39 is 0 Å². The molecular weight excluding hydrogens is 318 g/mol. The normalized spacial score (nSPS) is 12.8. The van der Waals surface area contributed by atoms with Crippen LogP contribution in [0.3, 0.4) is 0 Å². The van der Waals surface area contributed by atoms with E-state index in [-0.39, 0.29) is 17.5 Å². The van der Waals surface area contributed by atoms with E-state index in [1.807, 2.05) is 26.1 Å². The van der Waals surface area contributed by atoms with Gasteiger partial charge in [0.1, 0.15) is 5.01 Å². The molecule has 1 unspecified atom stereocenters. The molecule has 130 valence electrons. The Hall–Kier alpha value is -1.88. The summed E-state index contributed by atoms with van der Waals surface area (Å²) in [6, 6.07) is 7.94. The van der Waals surface area contributed by atoms with Crippen LogP contribution in [0.4, 0.5) is 4.79 Å². The molecule has 2 aromatic rings. The highest BCUT2D eigenvalue weighted by atomic mass is 32.1. The maximum Gasteiger partial charge on any atom is 0.317 e. The van der Waals surface area contributed by atoms with Crippen molar-refractivity contribution in [1.82, 2.24) is 15.2 Å². The summed E-state index contributed by atoms with van der Waals surface area (Å²) in [6.45, 7) is 11.1. The topological polar surface area (TPSA) is 45.2 Å². The first-order valence-corrected chi connectivity index (χ1v) is 9.08. The minimum atomic E-state index is -0.0991. The van der Waals surface area contributed by atoms with Crippen molar-refractivity contribution < 1.29 is 4.79 Å². The van der Waals surface area contributed by atoms with Crippen molar-refractivity contribution in [2.24, 2.45) is 0 Å². The van der Waals surface area contributed by atoms with Gasteiger partial charge >= 0.3 is 6.03 Å². The highest BCUT2D eigenvalue weighted by Crippen LogP contribution is 2.26. The van der Waals surface area contributed by atoms with Gasteiger partial charge in [-0.2, -0.15) is 0 Å². The summed E-state index contributed by atoms with van der Waals surface area (Å²) >= 11 is 1.60. The van der Waals surface area contributed by atoms with Gasteiger partial charge < -0.3 is 10.2 Å². The molecular formula is C19H27N3OS. The van der Waals surface area contributed by atoms with Gasteiger partial charge in [-0.1, -0.05) is 45.0 Å². The fourth-order valence-corrected chi connectivity index (χ4v) is 3.36. The summed E-state index contributed by atoms with van der Waals surface area (Å²) in [5.41, 5.74) is 3.45. The molecule has 0 bridgehead atoms. The Kier molecular flexibility index (Phi) is 5.65. The Morgan fingerprint density at radius 1 is 1.33 bits per heavy atom. The molecule has 2 amide bonds. The van der Waals surface area contributed by atoms with Crippen molar-refractivity contribution >= 4 is 17.4 Å². The highest BCUT2D eigenvalue weighted by Gasteiger charge is 2.21. The summed E-state index contributed by atoms with van der Waals surface area (Å²) in [5, 5.41) is 6.06. The fourth-order valence-electron chi connectivity index (χ4n) is 2.30. The van der Waals surface area contributed by atoms with Crippen molar-refractivity contribution in [2.75, 3.05) is 7.05 Å². The molecule has 0 aliphatic carbocycles. The van der Waals surface area contributed by atoms with E-state index in [9.17, 15) is 4.79 Å². The number of urea groups is 1. The minimum Gasteiger partial charge on any atom is -0.329 e. The number of aromatic nitrogens is 1. The number of rotatable bonds is 4. The Labute approximate surface area is 148 Å². The second kappa shape index (κ2) is 7.34. The lowest BCUT2D eigenvalue weighted by Gasteiger charge is -2.21. The highest BCUT2D eigenvalue weighted by molar-refractivity contribution is 7.09. The van der Waals surface area contributed by atoms with Crippen LogP contribution in [0.2, 0.25) is 0 Å². The number of hydrogen-bond acceptors (Lipinski definition) is 3. The van der Waals surface area contributed by atoms with Crippen molar-refractivity contribution in [3.63, 3.8) is 0 Å². The van der Waals surface area contributed by atoms with Gasteiger partial charge in [0.05, 0.1) is 11.7 Å². The fraction of sp³-hybridized carbons (Fsp3) is 0.474. The zero-order chi connectivity index (χ0) is 17.9. The van der Waals surface area contributed by atoms with Crippen LogP contribution >= 0.6 is 11.3 Å². The van der Waals surface area contributed by atoms with Crippen LogP contribution in [0.5, 0.6) is 0 Å². The van der Waals surface area contributed by atoms with E-state index in [0.29, 0.717) is 6.54 Å². The average Bonchev–Trinajstić information content (AvgIpc) is 2.99. The molecule has 0 aliphatic rings. The second-order valence-electron chi connectivity index (χ2n) is 7.27. The largest absolute Gasteiger partial charge is 0.329 e. The first-order chi connectivity index (χ1) is 11.2. The molecule has 24 heavy (non-hydrogen) atoms. The molecule has 0 saturated carbocycles. The maximum absolute atomic E-state index is 12.4. The number of thiazole rings is 1. The smallest absolute Gasteiger partial charge is 0.317 e. The Balaban J connectivity index is 1.98. The van der Waals surface area contributed by atoms with E-state index in [4.69, 9.17) is 0 Å². The summed E-state index contributed by atoms with van der Waals surface area (Å²) in [6.07, 6.45) is 0. The Morgan fingerprint density at radius 2 is 2.00 bits per heavy atom. The molecule has 0 radical (unpaired) electrons. The molecule has 4 nitrogen and oxygen atoms in total. The van der Waals surface area contributed by atoms with Gasteiger partial charge in [0.2, 0.25) is 0 Å². The third kappa shape index (κ3) is 4.57. The third-order valence-electron chi connectivity index (χ3n) is 4.02. The van der Waals surface area contributed by atoms with Crippen molar-refractivity contribution in [3.05, 3.63) is 51.5 Å². The lowest BCUT2D eigenvalue weighted by molar-refractivity contribution is 0.203. The van der Waals surface area contributed by atoms with Crippen LogP contribution < -0.4 is 5.32 Å². The van der Waals surface area contributed by atoms with Gasteiger partial charge in [-0.25, -0.2) is 9.78 Å². The Bertz CT molecular complexity index is 703. The molecule has 1 N–H and O–H groups in total. The van der Waals surface area contributed by atoms with Crippen LogP contribution in [0.25, 0.3) is 0 Å². The summed E-state index contributed by atoms with van der Waals surface area (Å²) < 4.78 is 0. The van der Waals surface area contributed by atoms with E-state index in [0.717, 1.165) is 16.3 Å². The molecule has 0 spiro atoms. The number of nitrogens with zero attached hydrogens (tertiary/aromatic N) is 2. The minimum absolute atomic E-state index is 0.0279. The molecule has 1 atom stereocenters. The van der Waals surface area contributed by atoms with Crippen LogP contribution in [0.1, 0.15) is 55.6 Å². The van der Waals surface area contributed by atoms with Gasteiger partial charge in [0.15, 0.2) is 0 Å². The van der Waals surface area contributed by atoms with Crippen molar-refractivity contribution in [2.45, 2.75) is 52.6 Å². The van der Waals surface area contributed by atoms with Crippen LogP contribution in [-0.2, 0) is 12.0 Å². The second-order valence-corrected chi connectivity index (χ2v) is 8.16. The van der Waals surface area contributed by atoms with Gasteiger partial charge in [-0.3, -0.25) is 0 Å². The average molecular weight is 346 g/mol. The lowest BCUT2D eigenvalue weighted by atomic mass is 9.93. The van der Waals surface area contributed by atoms with E-state index in [1.165, 1.54) is 5.56 Å². The molecule has 0 fully saturated rings. The first kappa shape index (κ1) is 18.5. The molecule has 0 aliphatic heterocycles. The van der Waals surface area contributed by atoms with E-state index in [1.54, 1.807) is 16.2 Å². The SMILES string of the molecule is Cc1ccccc1CN(C)C(=O)NC(C)c1nc(C(C)(C)C)cs1. The molecule has 0 saturated heterocycles. The predicted octanol–water partition coefficient (Wildman–Crippen LogP) is 4.65.